The van der Waals surface area contributed by atoms with Gasteiger partial charge in [-0.3, -0.25) is 0 Å². The fourth-order valence-corrected chi connectivity index (χ4v) is 3.15. The third-order valence-corrected chi connectivity index (χ3v) is 4.26. The van der Waals surface area contributed by atoms with E-state index in [4.69, 9.17) is 27.9 Å². The Morgan fingerprint density at radius 1 is 1.43 bits per heavy atom. The second kappa shape index (κ2) is 6.53. The maximum absolute atomic E-state index is 6.06. The number of alkyl halides is 1. The fraction of sp³-hybridized carbons (Fsp3) is 0.533. The van der Waals surface area contributed by atoms with E-state index in [9.17, 15) is 0 Å². The molecule has 1 aromatic heterocycles. The molecule has 1 aromatic carbocycles. The number of fused-ring (bicyclic) bond motifs is 1. The first-order valence-corrected chi connectivity index (χ1v) is 8.09. The van der Waals surface area contributed by atoms with E-state index >= 15 is 0 Å². The Labute approximate surface area is 134 Å². The van der Waals surface area contributed by atoms with E-state index in [0.29, 0.717) is 10.9 Å². The molecule has 1 saturated heterocycles. The normalized spacial score (nSPS) is 20.2. The number of imidazole rings is 1. The third-order valence-electron chi connectivity index (χ3n) is 3.84. The van der Waals surface area contributed by atoms with Crippen LogP contribution in [0.5, 0.6) is 0 Å². The first kappa shape index (κ1) is 15.1. The summed E-state index contributed by atoms with van der Waals surface area (Å²) >= 11 is 12.0. The van der Waals surface area contributed by atoms with Crippen molar-refractivity contribution in [3.63, 3.8) is 0 Å². The van der Waals surface area contributed by atoms with Crippen LogP contribution in [0, 0.1) is 0 Å². The summed E-state index contributed by atoms with van der Waals surface area (Å²) in [6.07, 6.45) is 0.932. The summed E-state index contributed by atoms with van der Waals surface area (Å²) < 4.78 is 8.10. The summed E-state index contributed by atoms with van der Waals surface area (Å²) in [6.45, 7) is 3.51. The molecule has 1 atom stereocenters. The van der Waals surface area contributed by atoms with Gasteiger partial charge < -0.3 is 14.2 Å². The smallest absolute Gasteiger partial charge is 0.111 e. The molecule has 1 fully saturated rings. The minimum Gasteiger partial charge on any atom is -0.374 e. The minimum atomic E-state index is 0.186. The Balaban J connectivity index is 1.93. The molecule has 1 aliphatic heterocycles. The summed E-state index contributed by atoms with van der Waals surface area (Å²) in [6, 6.07) is 5.83. The molecular weight excluding hydrogens is 309 g/mol. The van der Waals surface area contributed by atoms with Gasteiger partial charge in [-0.15, -0.1) is 11.6 Å². The first-order chi connectivity index (χ1) is 10.2. The lowest BCUT2D eigenvalue weighted by atomic mass is 10.2. The summed E-state index contributed by atoms with van der Waals surface area (Å²) in [5.74, 6) is 1.56. The van der Waals surface area contributed by atoms with Crippen molar-refractivity contribution < 1.29 is 4.74 Å². The van der Waals surface area contributed by atoms with Crippen LogP contribution in [0.4, 0.5) is 0 Å². The number of halogens is 2. The quantitative estimate of drug-likeness (QED) is 0.809. The maximum atomic E-state index is 6.06. The monoisotopic (exact) mass is 327 g/mol. The summed E-state index contributed by atoms with van der Waals surface area (Å²) in [5.41, 5.74) is 2.02. The Morgan fingerprint density at radius 3 is 3.05 bits per heavy atom. The molecule has 3 rings (SSSR count). The van der Waals surface area contributed by atoms with E-state index in [-0.39, 0.29) is 6.10 Å². The predicted molar refractivity (Wildman–Crippen MR) is 86.4 cm³/mol. The van der Waals surface area contributed by atoms with E-state index in [1.807, 2.05) is 18.2 Å². The number of hydrogen-bond acceptors (Lipinski definition) is 3. The van der Waals surface area contributed by atoms with Gasteiger partial charge in [-0.1, -0.05) is 11.6 Å². The number of aryl methyl sites for hydroxylation is 1. The maximum Gasteiger partial charge on any atom is 0.111 e. The highest BCUT2D eigenvalue weighted by molar-refractivity contribution is 6.31. The lowest BCUT2D eigenvalue weighted by Crippen LogP contribution is -2.42. The molecule has 0 radical (unpaired) electrons. The molecule has 0 spiro atoms. The van der Waals surface area contributed by atoms with Gasteiger partial charge in [-0.25, -0.2) is 4.98 Å². The van der Waals surface area contributed by atoms with Gasteiger partial charge in [0.2, 0.25) is 0 Å². The largest absolute Gasteiger partial charge is 0.374 e. The van der Waals surface area contributed by atoms with Gasteiger partial charge in [0.25, 0.3) is 0 Å². The number of nitrogens with zero attached hydrogens (tertiary/aromatic N) is 3. The van der Waals surface area contributed by atoms with E-state index in [1.165, 1.54) is 0 Å². The van der Waals surface area contributed by atoms with E-state index in [0.717, 1.165) is 49.5 Å². The summed E-state index contributed by atoms with van der Waals surface area (Å²) in [7, 11) is 2.13. The number of ether oxygens (including phenoxy) is 1. The van der Waals surface area contributed by atoms with Gasteiger partial charge in [0.15, 0.2) is 0 Å². The van der Waals surface area contributed by atoms with Gasteiger partial charge in [0, 0.05) is 30.4 Å². The topological polar surface area (TPSA) is 30.3 Å². The molecule has 21 heavy (non-hydrogen) atoms. The molecule has 1 unspecified atom stereocenters. The molecule has 4 nitrogen and oxygen atoms in total. The second-order valence-electron chi connectivity index (χ2n) is 5.47. The zero-order valence-electron chi connectivity index (χ0n) is 12.1. The van der Waals surface area contributed by atoms with Crippen molar-refractivity contribution in [3.8, 4) is 0 Å². The molecule has 0 bridgehead atoms. The molecule has 1 aliphatic rings. The van der Waals surface area contributed by atoms with E-state index in [1.54, 1.807) is 0 Å². The highest BCUT2D eigenvalue weighted by Crippen LogP contribution is 2.22. The average molecular weight is 328 g/mol. The van der Waals surface area contributed by atoms with Crippen molar-refractivity contribution in [1.82, 2.24) is 14.5 Å². The van der Waals surface area contributed by atoms with Crippen molar-refractivity contribution in [3.05, 3.63) is 29.0 Å². The number of morpholine rings is 1. The van der Waals surface area contributed by atoms with Gasteiger partial charge in [-0.05, 0) is 25.2 Å². The Hall–Kier alpha value is -0.810. The SMILES string of the molecule is CN1CCOC(Cn2c(CCCl)nc3cc(Cl)ccc32)C1. The van der Waals surface area contributed by atoms with Crippen molar-refractivity contribution >= 4 is 34.2 Å². The standard InChI is InChI=1S/C15H19Cl2N3O/c1-19-6-7-21-12(9-19)10-20-14-3-2-11(17)8-13(14)18-15(20)4-5-16/h2-3,8,12H,4-7,9-10H2,1H3. The molecule has 0 amide bonds. The van der Waals surface area contributed by atoms with Crippen LogP contribution in [-0.2, 0) is 17.7 Å². The molecule has 2 heterocycles. The average Bonchev–Trinajstić information content (AvgIpc) is 2.76. The highest BCUT2D eigenvalue weighted by atomic mass is 35.5. The highest BCUT2D eigenvalue weighted by Gasteiger charge is 2.21. The molecule has 0 aliphatic carbocycles. The minimum absolute atomic E-state index is 0.186. The summed E-state index contributed by atoms with van der Waals surface area (Å²) in [5, 5.41) is 0.707. The number of benzene rings is 1. The number of aromatic nitrogens is 2. The van der Waals surface area contributed by atoms with Crippen LogP contribution in [0.1, 0.15) is 5.82 Å². The van der Waals surface area contributed by atoms with Crippen LogP contribution in [0.3, 0.4) is 0 Å². The predicted octanol–water partition coefficient (Wildman–Crippen LogP) is 2.80. The Morgan fingerprint density at radius 2 is 2.29 bits per heavy atom. The van der Waals surface area contributed by atoms with Gasteiger partial charge >= 0.3 is 0 Å². The number of hydrogen-bond donors (Lipinski definition) is 0. The first-order valence-electron chi connectivity index (χ1n) is 7.18. The van der Waals surface area contributed by atoms with Crippen LogP contribution in [0.15, 0.2) is 18.2 Å². The van der Waals surface area contributed by atoms with Gasteiger partial charge in [-0.2, -0.15) is 0 Å². The third kappa shape index (κ3) is 3.34. The molecule has 6 heteroatoms. The van der Waals surface area contributed by atoms with Crippen molar-refractivity contribution in [1.29, 1.82) is 0 Å². The lowest BCUT2D eigenvalue weighted by Gasteiger charge is -2.30. The van der Waals surface area contributed by atoms with Crippen LogP contribution >= 0.6 is 23.2 Å². The number of rotatable bonds is 4. The second-order valence-corrected chi connectivity index (χ2v) is 6.28. The summed E-state index contributed by atoms with van der Waals surface area (Å²) in [4.78, 5) is 6.97. The molecule has 114 valence electrons. The molecule has 2 aromatic rings. The van der Waals surface area contributed by atoms with Crippen LogP contribution < -0.4 is 0 Å². The molecule has 0 N–H and O–H groups in total. The van der Waals surface area contributed by atoms with E-state index in [2.05, 4.69) is 21.5 Å². The van der Waals surface area contributed by atoms with E-state index < -0.39 is 0 Å². The zero-order chi connectivity index (χ0) is 14.8. The van der Waals surface area contributed by atoms with Crippen LogP contribution in [-0.4, -0.2) is 53.2 Å². The van der Waals surface area contributed by atoms with Crippen molar-refractivity contribution in [2.75, 3.05) is 32.6 Å². The van der Waals surface area contributed by atoms with Gasteiger partial charge in [0.1, 0.15) is 5.82 Å². The zero-order valence-corrected chi connectivity index (χ0v) is 13.6. The Kier molecular flexibility index (Phi) is 4.69. The van der Waals surface area contributed by atoms with Crippen LogP contribution in [0.2, 0.25) is 5.02 Å². The van der Waals surface area contributed by atoms with Gasteiger partial charge in [0.05, 0.1) is 30.3 Å². The Bertz CT molecular complexity index is 629. The van der Waals surface area contributed by atoms with Crippen molar-refractivity contribution in [2.45, 2.75) is 19.1 Å². The molecule has 0 saturated carbocycles. The fourth-order valence-electron chi connectivity index (χ4n) is 2.81. The van der Waals surface area contributed by atoms with Crippen molar-refractivity contribution in [2.24, 2.45) is 0 Å². The number of likely N-dealkylation sites (N-methyl/N-ethyl adjacent to an activating group) is 1. The molecular formula is C15H19Cl2N3O. The van der Waals surface area contributed by atoms with Crippen LogP contribution in [0.25, 0.3) is 11.0 Å². The lowest BCUT2D eigenvalue weighted by molar-refractivity contribution is -0.0272.